The zero-order chi connectivity index (χ0) is 14.0. The Hall–Kier alpha value is -2.30. The third kappa shape index (κ3) is 2.45. The number of carbonyl (C=O) groups is 1. The van der Waals surface area contributed by atoms with Crippen molar-refractivity contribution in [3.05, 3.63) is 51.4 Å². The number of aryl methyl sites for hydroxylation is 2. The molecule has 0 aliphatic carbocycles. The van der Waals surface area contributed by atoms with Crippen LogP contribution in [-0.4, -0.2) is 22.4 Å². The first kappa shape index (κ1) is 13.1. The van der Waals surface area contributed by atoms with E-state index >= 15 is 0 Å². The second-order valence-corrected chi connectivity index (χ2v) is 4.34. The van der Waals surface area contributed by atoms with Crippen LogP contribution in [0.5, 0.6) is 0 Å². The van der Waals surface area contributed by atoms with E-state index in [2.05, 4.69) is 5.10 Å². The van der Waals surface area contributed by atoms with E-state index in [0.717, 1.165) is 16.8 Å². The maximum Gasteiger partial charge on any atom is 0.345 e. The van der Waals surface area contributed by atoms with Crippen molar-refractivity contribution in [2.45, 2.75) is 20.8 Å². The summed E-state index contributed by atoms with van der Waals surface area (Å²) in [6.45, 7) is 5.85. The lowest BCUT2D eigenvalue weighted by Crippen LogP contribution is -2.22. The summed E-state index contributed by atoms with van der Waals surface area (Å²) >= 11 is 0. The average Bonchev–Trinajstić information content (AvgIpc) is 2.72. The van der Waals surface area contributed by atoms with Gasteiger partial charge in [-0.15, -0.1) is 0 Å². The van der Waals surface area contributed by atoms with Gasteiger partial charge >= 0.3 is 5.97 Å². The van der Waals surface area contributed by atoms with Crippen molar-refractivity contribution in [3.63, 3.8) is 0 Å². The van der Waals surface area contributed by atoms with Crippen LogP contribution in [0, 0.1) is 13.8 Å². The standard InChI is InChI=1S/C14H16N2O3/c1-4-19-14(18)11-8-15-16(13(11)17)12-6-5-9(2)7-10(12)3/h5-8,15H,4H2,1-3H3. The third-order valence-corrected chi connectivity index (χ3v) is 2.86. The summed E-state index contributed by atoms with van der Waals surface area (Å²) in [5, 5.41) is 2.79. The number of ether oxygens (including phenoxy) is 1. The van der Waals surface area contributed by atoms with Gasteiger partial charge < -0.3 is 4.74 Å². The Morgan fingerprint density at radius 3 is 2.74 bits per heavy atom. The molecule has 100 valence electrons. The predicted molar refractivity (Wildman–Crippen MR) is 71.8 cm³/mol. The van der Waals surface area contributed by atoms with Crippen molar-refractivity contribution < 1.29 is 9.53 Å². The molecule has 0 bridgehead atoms. The molecule has 0 unspecified atom stereocenters. The first-order valence-electron chi connectivity index (χ1n) is 6.09. The van der Waals surface area contributed by atoms with Crippen molar-refractivity contribution in [2.75, 3.05) is 6.61 Å². The summed E-state index contributed by atoms with van der Waals surface area (Å²) < 4.78 is 6.18. The van der Waals surface area contributed by atoms with Gasteiger partial charge in [-0.05, 0) is 32.4 Å². The molecule has 0 aliphatic rings. The molecule has 1 aromatic carbocycles. The number of nitrogens with one attached hydrogen (secondary N) is 1. The molecule has 0 saturated heterocycles. The van der Waals surface area contributed by atoms with Gasteiger partial charge in [-0.25, -0.2) is 9.48 Å². The Labute approximate surface area is 110 Å². The Morgan fingerprint density at radius 2 is 2.11 bits per heavy atom. The van der Waals surface area contributed by atoms with Gasteiger partial charge in [0, 0.05) is 6.20 Å². The largest absolute Gasteiger partial charge is 0.462 e. The highest BCUT2D eigenvalue weighted by molar-refractivity contribution is 5.88. The van der Waals surface area contributed by atoms with Gasteiger partial charge in [-0.3, -0.25) is 9.89 Å². The molecule has 5 heteroatoms. The number of benzene rings is 1. The fourth-order valence-corrected chi connectivity index (χ4v) is 1.96. The predicted octanol–water partition coefficient (Wildman–Crippen LogP) is 1.96. The van der Waals surface area contributed by atoms with E-state index in [4.69, 9.17) is 4.74 Å². The van der Waals surface area contributed by atoms with Crippen LogP contribution >= 0.6 is 0 Å². The SMILES string of the molecule is CCOC(=O)c1c[nH]n(-c2ccc(C)cc2C)c1=O. The second-order valence-electron chi connectivity index (χ2n) is 4.34. The number of hydrogen-bond donors (Lipinski definition) is 1. The van der Waals surface area contributed by atoms with Gasteiger partial charge in [0.2, 0.25) is 0 Å². The quantitative estimate of drug-likeness (QED) is 0.858. The molecule has 1 aromatic heterocycles. The van der Waals surface area contributed by atoms with Gasteiger partial charge in [-0.2, -0.15) is 0 Å². The normalized spacial score (nSPS) is 10.5. The highest BCUT2D eigenvalue weighted by Crippen LogP contribution is 2.13. The lowest BCUT2D eigenvalue weighted by Gasteiger charge is -2.06. The van der Waals surface area contributed by atoms with Gasteiger partial charge in [0.25, 0.3) is 5.56 Å². The van der Waals surface area contributed by atoms with Crippen molar-refractivity contribution in [2.24, 2.45) is 0 Å². The third-order valence-electron chi connectivity index (χ3n) is 2.86. The van der Waals surface area contributed by atoms with Gasteiger partial charge in [-0.1, -0.05) is 17.7 Å². The molecular weight excluding hydrogens is 244 g/mol. The number of hydrogen-bond acceptors (Lipinski definition) is 3. The van der Waals surface area contributed by atoms with E-state index in [0.29, 0.717) is 0 Å². The summed E-state index contributed by atoms with van der Waals surface area (Å²) in [6.07, 6.45) is 1.37. The molecule has 5 nitrogen and oxygen atoms in total. The minimum atomic E-state index is -0.604. The van der Waals surface area contributed by atoms with Crippen LogP contribution in [0.3, 0.4) is 0 Å². The molecule has 0 spiro atoms. The molecule has 2 rings (SSSR count). The Bertz CT molecular complexity index is 668. The van der Waals surface area contributed by atoms with E-state index in [9.17, 15) is 9.59 Å². The minimum Gasteiger partial charge on any atom is -0.462 e. The van der Waals surface area contributed by atoms with Gasteiger partial charge in [0.1, 0.15) is 5.56 Å². The number of nitrogens with zero attached hydrogens (tertiary/aromatic N) is 1. The van der Waals surface area contributed by atoms with Crippen molar-refractivity contribution in [3.8, 4) is 5.69 Å². The Kier molecular flexibility index (Phi) is 3.55. The molecule has 19 heavy (non-hydrogen) atoms. The number of aromatic nitrogens is 2. The zero-order valence-corrected chi connectivity index (χ0v) is 11.2. The fraction of sp³-hybridized carbons (Fsp3) is 0.286. The molecule has 0 saturated carbocycles. The number of esters is 1. The Morgan fingerprint density at radius 1 is 1.37 bits per heavy atom. The summed E-state index contributed by atoms with van der Waals surface area (Å²) in [7, 11) is 0. The van der Waals surface area contributed by atoms with Crippen molar-refractivity contribution in [1.82, 2.24) is 9.78 Å². The number of carbonyl (C=O) groups excluding carboxylic acids is 1. The summed E-state index contributed by atoms with van der Waals surface area (Å²) in [5.41, 5.74) is 2.42. The maximum atomic E-state index is 12.2. The highest BCUT2D eigenvalue weighted by atomic mass is 16.5. The highest BCUT2D eigenvalue weighted by Gasteiger charge is 2.16. The van der Waals surface area contributed by atoms with Crippen molar-refractivity contribution in [1.29, 1.82) is 0 Å². The lowest BCUT2D eigenvalue weighted by atomic mass is 10.1. The van der Waals surface area contributed by atoms with Crippen LogP contribution in [0.2, 0.25) is 0 Å². The second kappa shape index (κ2) is 5.14. The van der Waals surface area contributed by atoms with Gasteiger partial charge in [0.15, 0.2) is 0 Å². The van der Waals surface area contributed by atoms with Crippen LogP contribution in [0.15, 0.2) is 29.2 Å². The first-order valence-corrected chi connectivity index (χ1v) is 6.09. The van der Waals surface area contributed by atoms with Gasteiger partial charge in [0.05, 0.1) is 12.3 Å². The average molecular weight is 260 g/mol. The van der Waals surface area contributed by atoms with Crippen LogP contribution in [0.25, 0.3) is 5.69 Å². The van der Waals surface area contributed by atoms with Crippen LogP contribution in [-0.2, 0) is 4.74 Å². The molecule has 2 aromatic rings. The summed E-state index contributed by atoms with van der Waals surface area (Å²) in [6, 6.07) is 5.74. The monoisotopic (exact) mass is 260 g/mol. The van der Waals surface area contributed by atoms with Crippen LogP contribution < -0.4 is 5.56 Å². The van der Waals surface area contributed by atoms with E-state index in [-0.39, 0.29) is 12.2 Å². The molecule has 0 fully saturated rings. The zero-order valence-electron chi connectivity index (χ0n) is 11.2. The first-order chi connectivity index (χ1) is 9.04. The lowest BCUT2D eigenvalue weighted by molar-refractivity contribution is 0.0525. The molecule has 1 heterocycles. The molecule has 0 radical (unpaired) electrons. The summed E-state index contributed by atoms with van der Waals surface area (Å²) in [5.74, 6) is -0.604. The van der Waals surface area contributed by atoms with E-state index < -0.39 is 11.5 Å². The molecule has 0 atom stereocenters. The number of rotatable bonds is 3. The number of H-pyrrole nitrogens is 1. The fourth-order valence-electron chi connectivity index (χ4n) is 1.96. The molecular formula is C14H16N2O3. The van der Waals surface area contributed by atoms with Crippen LogP contribution in [0.4, 0.5) is 0 Å². The van der Waals surface area contributed by atoms with E-state index in [1.165, 1.54) is 10.9 Å². The molecule has 0 amide bonds. The Balaban J connectivity index is 2.48. The molecule has 1 N–H and O–H groups in total. The van der Waals surface area contributed by atoms with Crippen LogP contribution in [0.1, 0.15) is 28.4 Å². The van der Waals surface area contributed by atoms with E-state index in [1.807, 2.05) is 32.0 Å². The molecule has 0 aliphatic heterocycles. The van der Waals surface area contributed by atoms with Crippen molar-refractivity contribution >= 4 is 5.97 Å². The number of aromatic amines is 1. The maximum absolute atomic E-state index is 12.2. The summed E-state index contributed by atoms with van der Waals surface area (Å²) in [4.78, 5) is 23.7. The smallest absolute Gasteiger partial charge is 0.345 e. The van der Waals surface area contributed by atoms with E-state index in [1.54, 1.807) is 6.92 Å². The minimum absolute atomic E-state index is 0.0156. The topological polar surface area (TPSA) is 64.1 Å².